The number of benzene rings is 1. The van der Waals surface area contributed by atoms with Crippen molar-refractivity contribution >= 4 is 11.6 Å². The van der Waals surface area contributed by atoms with Crippen LogP contribution in [-0.2, 0) is 0 Å². The third-order valence-electron chi connectivity index (χ3n) is 3.68. The van der Waals surface area contributed by atoms with Gasteiger partial charge in [-0.15, -0.1) is 0 Å². The summed E-state index contributed by atoms with van der Waals surface area (Å²) in [5, 5.41) is 3.85. The van der Waals surface area contributed by atoms with Crippen LogP contribution in [0.15, 0.2) is 18.2 Å². The number of nitrogens with one attached hydrogen (secondary N) is 1. The Balaban J connectivity index is 2.76. The Bertz CT molecular complexity index is 419. The Morgan fingerprint density at radius 3 is 2.47 bits per heavy atom. The molecule has 0 aliphatic heterocycles. The Hall–Kier alpha value is -0.770. The van der Waals surface area contributed by atoms with Crippen molar-refractivity contribution in [1.29, 1.82) is 0 Å². The lowest BCUT2D eigenvalue weighted by molar-refractivity contribution is 0.114. The Morgan fingerprint density at radius 2 is 2.00 bits per heavy atom. The maximum absolute atomic E-state index is 6.27. The normalized spacial score (nSPS) is 13.7. The molecule has 1 atom stereocenters. The summed E-state index contributed by atoms with van der Waals surface area (Å²) in [6, 6.07) is 6.23. The minimum Gasteiger partial charge on any atom is -0.490 e. The van der Waals surface area contributed by atoms with Crippen molar-refractivity contribution in [3.05, 3.63) is 28.8 Å². The van der Waals surface area contributed by atoms with Crippen molar-refractivity contribution in [3.8, 4) is 5.75 Å². The third kappa shape index (κ3) is 4.37. The van der Waals surface area contributed by atoms with E-state index in [2.05, 4.69) is 31.0 Å². The van der Waals surface area contributed by atoms with Crippen LogP contribution in [0.2, 0.25) is 5.02 Å². The van der Waals surface area contributed by atoms with Crippen LogP contribution < -0.4 is 10.1 Å². The molecule has 19 heavy (non-hydrogen) atoms. The lowest BCUT2D eigenvalue weighted by atomic mass is 10.1. The van der Waals surface area contributed by atoms with Gasteiger partial charge in [0.15, 0.2) is 0 Å². The highest BCUT2D eigenvalue weighted by Crippen LogP contribution is 2.28. The van der Waals surface area contributed by atoms with E-state index in [9.17, 15) is 0 Å². The zero-order chi connectivity index (χ0) is 14.6. The van der Waals surface area contributed by atoms with Crippen LogP contribution in [-0.4, -0.2) is 38.2 Å². The molecule has 0 amide bonds. The molecule has 1 rings (SSSR count). The van der Waals surface area contributed by atoms with Gasteiger partial charge in [0, 0.05) is 11.6 Å². The first-order valence-electron chi connectivity index (χ1n) is 6.55. The van der Waals surface area contributed by atoms with Crippen LogP contribution >= 0.6 is 11.6 Å². The van der Waals surface area contributed by atoms with Crippen LogP contribution in [0.25, 0.3) is 0 Å². The maximum atomic E-state index is 6.27. The first kappa shape index (κ1) is 16.3. The van der Waals surface area contributed by atoms with Crippen LogP contribution in [0.1, 0.15) is 32.4 Å². The molecule has 0 saturated carbocycles. The van der Waals surface area contributed by atoms with Crippen molar-refractivity contribution in [1.82, 2.24) is 10.2 Å². The first-order valence-corrected chi connectivity index (χ1v) is 6.92. The zero-order valence-electron chi connectivity index (χ0n) is 12.7. The topological polar surface area (TPSA) is 24.5 Å². The lowest BCUT2D eigenvalue weighted by Crippen LogP contribution is -2.43. The molecule has 1 unspecified atom stereocenters. The van der Waals surface area contributed by atoms with E-state index < -0.39 is 0 Å². The quantitative estimate of drug-likeness (QED) is 0.867. The number of likely N-dealkylation sites (N-methyl/N-ethyl adjacent to an activating group) is 1. The van der Waals surface area contributed by atoms with Crippen LogP contribution in [0.5, 0.6) is 5.75 Å². The molecule has 1 aromatic rings. The number of halogens is 1. The molecule has 0 heterocycles. The molecule has 0 fully saturated rings. The molecule has 3 nitrogen and oxygen atoms in total. The second kappa shape index (κ2) is 6.60. The predicted molar refractivity (Wildman–Crippen MR) is 82.2 cm³/mol. The molecule has 1 aromatic carbocycles. The van der Waals surface area contributed by atoms with E-state index in [1.54, 1.807) is 0 Å². The lowest BCUT2D eigenvalue weighted by Gasteiger charge is -2.32. The molecule has 0 bridgehead atoms. The molecule has 1 N–H and O–H groups in total. The number of nitrogens with zero attached hydrogens (tertiary/aromatic N) is 1. The largest absolute Gasteiger partial charge is 0.490 e. The highest BCUT2D eigenvalue weighted by atomic mass is 35.5. The van der Waals surface area contributed by atoms with Gasteiger partial charge in [-0.25, -0.2) is 0 Å². The standard InChI is InChI=1S/C15H25ClN2O/c1-11(17-4)12-7-8-14(13(16)9-12)19-10-15(2,3)18(5)6/h7-9,11,17H,10H2,1-6H3. The van der Waals surface area contributed by atoms with Crippen LogP contribution in [0.3, 0.4) is 0 Å². The molecule has 0 aliphatic carbocycles. The highest BCUT2D eigenvalue weighted by Gasteiger charge is 2.21. The number of hydrogen-bond donors (Lipinski definition) is 1. The van der Waals surface area contributed by atoms with Gasteiger partial charge in [0.2, 0.25) is 0 Å². The molecule has 0 aliphatic rings. The van der Waals surface area contributed by atoms with Crippen molar-refractivity contribution in [2.24, 2.45) is 0 Å². The summed E-state index contributed by atoms with van der Waals surface area (Å²) in [6.07, 6.45) is 0. The van der Waals surface area contributed by atoms with Gasteiger partial charge in [-0.2, -0.15) is 0 Å². The SMILES string of the molecule is CNC(C)c1ccc(OCC(C)(C)N(C)C)c(Cl)c1. The molecule has 0 aromatic heterocycles. The molecule has 0 saturated heterocycles. The fourth-order valence-corrected chi connectivity index (χ4v) is 1.70. The summed E-state index contributed by atoms with van der Waals surface area (Å²) >= 11 is 6.27. The van der Waals surface area contributed by atoms with Crippen LogP contribution in [0, 0.1) is 0 Å². The second-order valence-electron chi connectivity index (χ2n) is 5.70. The van der Waals surface area contributed by atoms with Crippen molar-refractivity contribution in [3.63, 3.8) is 0 Å². The van der Waals surface area contributed by atoms with E-state index in [-0.39, 0.29) is 11.6 Å². The average Bonchev–Trinajstić information content (AvgIpc) is 2.36. The highest BCUT2D eigenvalue weighted by molar-refractivity contribution is 6.32. The monoisotopic (exact) mass is 284 g/mol. The minimum absolute atomic E-state index is 0.0275. The number of hydrogen-bond acceptors (Lipinski definition) is 3. The van der Waals surface area contributed by atoms with Gasteiger partial charge in [0.1, 0.15) is 12.4 Å². The first-order chi connectivity index (χ1) is 8.77. The summed E-state index contributed by atoms with van der Waals surface area (Å²) < 4.78 is 5.84. The molecule has 108 valence electrons. The van der Waals surface area contributed by atoms with Gasteiger partial charge in [-0.05, 0) is 59.6 Å². The van der Waals surface area contributed by atoms with E-state index in [0.717, 1.165) is 11.3 Å². The van der Waals surface area contributed by atoms with E-state index in [1.807, 2.05) is 39.3 Å². The summed E-state index contributed by atoms with van der Waals surface area (Å²) in [6.45, 7) is 6.97. The van der Waals surface area contributed by atoms with Gasteiger partial charge in [0.05, 0.1) is 5.02 Å². The summed E-state index contributed by atoms with van der Waals surface area (Å²) in [4.78, 5) is 2.14. The average molecular weight is 285 g/mol. The van der Waals surface area contributed by atoms with Crippen LogP contribution in [0.4, 0.5) is 0 Å². The van der Waals surface area contributed by atoms with Crippen molar-refractivity contribution in [2.75, 3.05) is 27.7 Å². The van der Waals surface area contributed by atoms with Gasteiger partial charge in [0.25, 0.3) is 0 Å². The Morgan fingerprint density at radius 1 is 1.37 bits per heavy atom. The Kier molecular flexibility index (Phi) is 5.65. The smallest absolute Gasteiger partial charge is 0.138 e. The maximum Gasteiger partial charge on any atom is 0.138 e. The summed E-state index contributed by atoms with van der Waals surface area (Å²) in [5.74, 6) is 0.739. The number of rotatable bonds is 6. The fraction of sp³-hybridized carbons (Fsp3) is 0.600. The van der Waals surface area contributed by atoms with Crippen molar-refractivity contribution in [2.45, 2.75) is 32.4 Å². The molecule has 0 spiro atoms. The van der Waals surface area contributed by atoms with Crippen molar-refractivity contribution < 1.29 is 4.74 Å². The van der Waals surface area contributed by atoms with E-state index >= 15 is 0 Å². The van der Waals surface area contributed by atoms with E-state index in [1.165, 1.54) is 0 Å². The second-order valence-corrected chi connectivity index (χ2v) is 6.10. The third-order valence-corrected chi connectivity index (χ3v) is 3.98. The van der Waals surface area contributed by atoms with E-state index in [0.29, 0.717) is 11.6 Å². The molecule has 4 heteroatoms. The van der Waals surface area contributed by atoms with Gasteiger partial charge < -0.3 is 15.0 Å². The predicted octanol–water partition coefficient (Wildman–Crippen LogP) is 3.34. The van der Waals surface area contributed by atoms with E-state index in [4.69, 9.17) is 16.3 Å². The molecule has 0 radical (unpaired) electrons. The van der Waals surface area contributed by atoms with Gasteiger partial charge in [-0.3, -0.25) is 0 Å². The minimum atomic E-state index is -0.0275. The summed E-state index contributed by atoms with van der Waals surface area (Å²) in [7, 11) is 6.02. The number of ether oxygens (including phenoxy) is 1. The van der Waals surface area contributed by atoms with Gasteiger partial charge in [-0.1, -0.05) is 17.7 Å². The molecular formula is C15H25ClN2O. The van der Waals surface area contributed by atoms with Gasteiger partial charge >= 0.3 is 0 Å². The fourth-order valence-electron chi connectivity index (χ4n) is 1.45. The summed E-state index contributed by atoms with van der Waals surface area (Å²) in [5.41, 5.74) is 1.13. The molecular weight excluding hydrogens is 260 g/mol. The Labute approximate surface area is 121 Å². The zero-order valence-corrected chi connectivity index (χ0v) is 13.5.